The van der Waals surface area contributed by atoms with Crippen LogP contribution in [0, 0.1) is 0 Å². The monoisotopic (exact) mass is 264 g/mol. The molecule has 1 nitrogen and oxygen atoms in total. The molecule has 1 saturated carbocycles. The molecule has 13 heavy (non-hydrogen) atoms. The van der Waals surface area contributed by atoms with E-state index in [0.717, 1.165) is 0 Å². The summed E-state index contributed by atoms with van der Waals surface area (Å²) >= 11 is 3.75. The predicted octanol–water partition coefficient (Wildman–Crippen LogP) is 3.93. The lowest BCUT2D eigenvalue weighted by Gasteiger charge is -2.28. The Labute approximate surface area is 91.5 Å². The maximum Gasteiger partial charge on any atom is 0.184 e. The Hall–Kier alpha value is 0.657. The van der Waals surface area contributed by atoms with Gasteiger partial charge in [0.25, 0.3) is 0 Å². The molecule has 0 amide bonds. The summed E-state index contributed by atoms with van der Waals surface area (Å²) in [6, 6.07) is 0. The summed E-state index contributed by atoms with van der Waals surface area (Å²) in [7, 11) is -1.34. The summed E-state index contributed by atoms with van der Waals surface area (Å²) < 4.78 is 6.16. The van der Waals surface area contributed by atoms with E-state index in [4.69, 9.17) is 4.43 Å². The van der Waals surface area contributed by atoms with Gasteiger partial charge in [-0.15, -0.1) is 0 Å². The molecule has 0 heterocycles. The van der Waals surface area contributed by atoms with Gasteiger partial charge in [0.2, 0.25) is 0 Å². The van der Waals surface area contributed by atoms with Crippen LogP contribution in [0.25, 0.3) is 0 Å². The van der Waals surface area contributed by atoms with Crippen LogP contribution in [0.15, 0.2) is 0 Å². The molecule has 1 aliphatic rings. The summed E-state index contributed by atoms with van der Waals surface area (Å²) in [4.78, 5) is 0.599. The maximum atomic E-state index is 6.16. The lowest BCUT2D eigenvalue weighted by Crippen LogP contribution is -2.36. The molecular weight excluding hydrogens is 244 g/mol. The minimum Gasteiger partial charge on any atom is -0.414 e. The molecule has 0 aromatic carbocycles. The van der Waals surface area contributed by atoms with Crippen molar-refractivity contribution >= 4 is 24.2 Å². The number of hydrogen-bond acceptors (Lipinski definition) is 1. The highest BCUT2D eigenvalue weighted by Gasteiger charge is 2.27. The van der Waals surface area contributed by atoms with E-state index in [9.17, 15) is 0 Å². The lowest BCUT2D eigenvalue weighted by atomic mass is 10.2. The van der Waals surface area contributed by atoms with E-state index in [-0.39, 0.29) is 0 Å². The molecule has 1 rings (SSSR count). The third-order valence-electron chi connectivity index (χ3n) is 2.38. The van der Waals surface area contributed by atoms with E-state index in [1.54, 1.807) is 0 Å². The van der Waals surface area contributed by atoms with Crippen molar-refractivity contribution in [2.75, 3.05) is 0 Å². The van der Waals surface area contributed by atoms with Crippen molar-refractivity contribution in [3.8, 4) is 0 Å². The second-order valence-corrected chi connectivity index (χ2v) is 10.6. The smallest absolute Gasteiger partial charge is 0.184 e. The van der Waals surface area contributed by atoms with Gasteiger partial charge in [-0.3, -0.25) is 0 Å². The Kier molecular flexibility index (Phi) is 4.46. The van der Waals surface area contributed by atoms with E-state index in [1.807, 2.05) is 0 Å². The molecule has 1 fully saturated rings. The molecule has 0 spiro atoms. The number of halogens is 1. The highest BCUT2D eigenvalue weighted by Crippen LogP contribution is 2.27. The van der Waals surface area contributed by atoms with Crippen molar-refractivity contribution < 1.29 is 4.43 Å². The topological polar surface area (TPSA) is 9.23 Å². The highest BCUT2D eigenvalue weighted by atomic mass is 79.9. The molecule has 78 valence electrons. The molecule has 0 aromatic heterocycles. The summed E-state index contributed by atoms with van der Waals surface area (Å²) in [5, 5.41) is 0. The van der Waals surface area contributed by atoms with Crippen molar-refractivity contribution in [1.29, 1.82) is 0 Å². The van der Waals surface area contributed by atoms with Gasteiger partial charge in [-0.25, -0.2) is 0 Å². The Balaban J connectivity index is 2.45. The zero-order chi connectivity index (χ0) is 9.90. The standard InChI is InChI=1S/C10H21BrOSi/c1-13(2,3)12-10-8-6-4-5-7-9(10)11/h9-10H,4-8H2,1-3H3/t9-,10-/m0/s1. The fourth-order valence-electron chi connectivity index (χ4n) is 1.82. The van der Waals surface area contributed by atoms with E-state index < -0.39 is 8.32 Å². The largest absolute Gasteiger partial charge is 0.414 e. The first kappa shape index (κ1) is 11.7. The fourth-order valence-corrected chi connectivity index (χ4v) is 3.90. The van der Waals surface area contributed by atoms with Crippen LogP contribution in [-0.4, -0.2) is 19.2 Å². The van der Waals surface area contributed by atoms with Crippen LogP contribution in [-0.2, 0) is 4.43 Å². The van der Waals surface area contributed by atoms with Gasteiger partial charge in [-0.05, 0) is 32.5 Å². The lowest BCUT2D eigenvalue weighted by molar-refractivity contribution is 0.184. The Morgan fingerprint density at radius 2 is 1.69 bits per heavy atom. The minimum absolute atomic E-state index is 0.481. The van der Waals surface area contributed by atoms with Crippen LogP contribution in [0.4, 0.5) is 0 Å². The molecule has 0 N–H and O–H groups in total. The zero-order valence-corrected chi connectivity index (χ0v) is 11.6. The van der Waals surface area contributed by atoms with Gasteiger partial charge in [0.15, 0.2) is 8.32 Å². The van der Waals surface area contributed by atoms with Gasteiger partial charge < -0.3 is 4.43 Å². The molecule has 0 aliphatic heterocycles. The Bertz CT molecular complexity index is 155. The van der Waals surface area contributed by atoms with Crippen LogP contribution >= 0.6 is 15.9 Å². The zero-order valence-electron chi connectivity index (χ0n) is 8.98. The summed E-state index contributed by atoms with van der Waals surface area (Å²) in [5.74, 6) is 0. The van der Waals surface area contributed by atoms with E-state index in [0.29, 0.717) is 10.9 Å². The molecule has 0 saturated heterocycles. The van der Waals surface area contributed by atoms with Gasteiger partial charge >= 0.3 is 0 Å². The third-order valence-corrected chi connectivity index (χ3v) is 4.43. The van der Waals surface area contributed by atoms with Crippen molar-refractivity contribution in [2.24, 2.45) is 0 Å². The third kappa shape index (κ3) is 4.61. The Morgan fingerprint density at radius 3 is 2.31 bits per heavy atom. The van der Waals surface area contributed by atoms with Crippen LogP contribution in [0.1, 0.15) is 32.1 Å². The second kappa shape index (κ2) is 4.94. The number of hydrogen-bond donors (Lipinski definition) is 0. The molecule has 2 atom stereocenters. The molecular formula is C10H21BrOSi. The van der Waals surface area contributed by atoms with Crippen molar-refractivity contribution in [3.63, 3.8) is 0 Å². The minimum atomic E-state index is -1.34. The van der Waals surface area contributed by atoms with Crippen LogP contribution < -0.4 is 0 Å². The van der Waals surface area contributed by atoms with Crippen molar-refractivity contribution in [3.05, 3.63) is 0 Å². The molecule has 3 heteroatoms. The maximum absolute atomic E-state index is 6.16. The van der Waals surface area contributed by atoms with Gasteiger partial charge in [-0.2, -0.15) is 0 Å². The fraction of sp³-hybridized carbons (Fsp3) is 1.00. The van der Waals surface area contributed by atoms with E-state index in [1.165, 1.54) is 32.1 Å². The first-order valence-electron chi connectivity index (χ1n) is 5.31. The molecule has 1 aliphatic carbocycles. The van der Waals surface area contributed by atoms with Crippen molar-refractivity contribution in [1.82, 2.24) is 0 Å². The van der Waals surface area contributed by atoms with Crippen LogP contribution in [0.5, 0.6) is 0 Å². The molecule has 0 aromatic rings. The quantitative estimate of drug-likeness (QED) is 0.417. The van der Waals surface area contributed by atoms with Gasteiger partial charge in [-0.1, -0.05) is 35.2 Å². The normalized spacial score (nSPS) is 31.4. The average Bonchev–Trinajstić information content (AvgIpc) is 2.14. The van der Waals surface area contributed by atoms with Crippen LogP contribution in [0.2, 0.25) is 19.6 Å². The Morgan fingerprint density at radius 1 is 1.08 bits per heavy atom. The predicted molar refractivity (Wildman–Crippen MR) is 64.0 cm³/mol. The molecule has 0 unspecified atom stereocenters. The van der Waals surface area contributed by atoms with E-state index >= 15 is 0 Å². The highest BCUT2D eigenvalue weighted by molar-refractivity contribution is 9.09. The van der Waals surface area contributed by atoms with Crippen molar-refractivity contribution in [2.45, 2.75) is 62.7 Å². The SMILES string of the molecule is C[Si](C)(C)O[C@H]1CCCCC[C@@H]1Br. The van der Waals surface area contributed by atoms with Gasteiger partial charge in [0.05, 0.1) is 6.10 Å². The van der Waals surface area contributed by atoms with E-state index in [2.05, 4.69) is 35.6 Å². The summed E-state index contributed by atoms with van der Waals surface area (Å²) in [6.07, 6.45) is 7.11. The second-order valence-electron chi connectivity index (χ2n) is 4.92. The first-order chi connectivity index (χ1) is 5.99. The molecule has 0 bridgehead atoms. The number of rotatable bonds is 2. The number of alkyl halides is 1. The average molecular weight is 265 g/mol. The molecule has 0 radical (unpaired) electrons. The summed E-state index contributed by atoms with van der Waals surface area (Å²) in [5.41, 5.74) is 0. The van der Waals surface area contributed by atoms with Gasteiger partial charge in [0.1, 0.15) is 0 Å². The first-order valence-corrected chi connectivity index (χ1v) is 9.63. The summed E-state index contributed by atoms with van der Waals surface area (Å²) in [6.45, 7) is 6.83. The van der Waals surface area contributed by atoms with Gasteiger partial charge in [0, 0.05) is 4.83 Å². The van der Waals surface area contributed by atoms with Crippen LogP contribution in [0.3, 0.4) is 0 Å².